The van der Waals surface area contributed by atoms with Gasteiger partial charge in [-0.25, -0.2) is 0 Å². The van der Waals surface area contributed by atoms with Crippen molar-refractivity contribution < 1.29 is 0 Å². The monoisotopic (exact) mass is 147 g/mol. The average Bonchev–Trinajstić information content (AvgIpc) is 2.46. The quantitative estimate of drug-likeness (QED) is 0.634. The largest absolute Gasteiger partial charge is 0.325 e. The molecule has 0 atom stereocenters. The maximum atomic E-state index is 5.46. The number of fused-ring (bicyclic) bond motifs is 1. The van der Waals surface area contributed by atoms with E-state index in [0.717, 1.165) is 17.8 Å². The normalized spacial score (nSPS) is 14.5. The Morgan fingerprint density at radius 3 is 3.18 bits per heavy atom. The van der Waals surface area contributed by atoms with Crippen molar-refractivity contribution in [3.8, 4) is 0 Å². The maximum Gasteiger partial charge on any atom is 0.0848 e. The third kappa shape index (κ3) is 1.03. The van der Waals surface area contributed by atoms with Gasteiger partial charge < -0.3 is 5.73 Å². The smallest absolute Gasteiger partial charge is 0.0848 e. The number of hydrogen-bond acceptors (Lipinski definition) is 3. The highest BCUT2D eigenvalue weighted by Gasteiger charge is 2.11. The number of rotatable bonds is 1. The zero-order valence-corrected chi connectivity index (χ0v) is 6.12. The second-order valence-electron chi connectivity index (χ2n) is 2.56. The summed E-state index contributed by atoms with van der Waals surface area (Å²) < 4.78 is 0. The van der Waals surface area contributed by atoms with E-state index in [1.807, 2.05) is 6.07 Å². The lowest BCUT2D eigenvalue weighted by molar-refractivity contribution is 1.24. The Morgan fingerprint density at radius 2 is 2.45 bits per heavy atom. The van der Waals surface area contributed by atoms with E-state index in [4.69, 9.17) is 5.73 Å². The maximum absolute atomic E-state index is 5.46. The molecule has 2 rings (SSSR count). The third-order valence-electron chi connectivity index (χ3n) is 1.80. The zero-order chi connectivity index (χ0) is 7.68. The van der Waals surface area contributed by atoms with Gasteiger partial charge >= 0.3 is 0 Å². The van der Waals surface area contributed by atoms with Gasteiger partial charge in [0.2, 0.25) is 0 Å². The second-order valence-corrected chi connectivity index (χ2v) is 2.56. The van der Waals surface area contributed by atoms with Gasteiger partial charge in [-0.3, -0.25) is 9.98 Å². The molecule has 2 heterocycles. The van der Waals surface area contributed by atoms with Crippen LogP contribution < -0.4 is 5.73 Å². The second kappa shape index (κ2) is 2.43. The molecule has 1 aromatic rings. The Morgan fingerprint density at radius 1 is 1.55 bits per heavy atom. The highest BCUT2D eigenvalue weighted by Crippen LogP contribution is 2.23. The molecule has 0 unspecified atom stereocenters. The molecule has 0 bridgehead atoms. The van der Waals surface area contributed by atoms with E-state index in [-0.39, 0.29) is 0 Å². The first-order valence-corrected chi connectivity index (χ1v) is 3.59. The summed E-state index contributed by atoms with van der Waals surface area (Å²) in [5.41, 5.74) is 8.73. The third-order valence-corrected chi connectivity index (χ3v) is 1.80. The lowest BCUT2D eigenvalue weighted by atomic mass is 10.1. The van der Waals surface area contributed by atoms with E-state index < -0.39 is 0 Å². The standard InChI is InChI=1S/C8H9N3/c9-4-7-3-6-1-2-10-5-8(6)11-7/h1-2,5H,3-4,9H2. The van der Waals surface area contributed by atoms with Gasteiger partial charge in [-0.05, 0) is 11.6 Å². The van der Waals surface area contributed by atoms with Crippen molar-refractivity contribution >= 4 is 11.4 Å². The highest BCUT2D eigenvalue weighted by atomic mass is 14.8. The zero-order valence-electron chi connectivity index (χ0n) is 6.12. The van der Waals surface area contributed by atoms with Crippen molar-refractivity contribution in [1.82, 2.24) is 4.98 Å². The van der Waals surface area contributed by atoms with Crippen LogP contribution >= 0.6 is 0 Å². The Bertz CT molecular complexity index is 304. The summed E-state index contributed by atoms with van der Waals surface area (Å²) in [5.74, 6) is 0. The first-order chi connectivity index (χ1) is 5.40. The lowest BCUT2D eigenvalue weighted by Crippen LogP contribution is -2.12. The number of aromatic nitrogens is 1. The molecule has 0 aromatic carbocycles. The van der Waals surface area contributed by atoms with Crippen LogP contribution in [0.15, 0.2) is 23.5 Å². The van der Waals surface area contributed by atoms with E-state index in [0.29, 0.717) is 6.54 Å². The Hall–Kier alpha value is -1.22. The molecule has 0 aliphatic carbocycles. The van der Waals surface area contributed by atoms with Gasteiger partial charge in [0, 0.05) is 24.9 Å². The number of pyridine rings is 1. The van der Waals surface area contributed by atoms with E-state index in [2.05, 4.69) is 9.98 Å². The van der Waals surface area contributed by atoms with Crippen molar-refractivity contribution in [2.24, 2.45) is 10.7 Å². The fraction of sp³-hybridized carbons (Fsp3) is 0.250. The van der Waals surface area contributed by atoms with Crippen LogP contribution in [0, 0.1) is 0 Å². The van der Waals surface area contributed by atoms with Gasteiger partial charge in [0.05, 0.1) is 11.9 Å². The predicted molar refractivity (Wildman–Crippen MR) is 44.1 cm³/mol. The van der Waals surface area contributed by atoms with Gasteiger partial charge in [-0.1, -0.05) is 0 Å². The summed E-state index contributed by atoms with van der Waals surface area (Å²) in [6, 6.07) is 1.99. The molecule has 3 nitrogen and oxygen atoms in total. The molecule has 56 valence electrons. The van der Waals surface area contributed by atoms with Gasteiger partial charge in [-0.2, -0.15) is 0 Å². The predicted octanol–water partition coefficient (Wildman–Crippen LogP) is 0.669. The average molecular weight is 147 g/mol. The summed E-state index contributed by atoms with van der Waals surface area (Å²) in [5, 5.41) is 0. The highest BCUT2D eigenvalue weighted by molar-refractivity contribution is 5.94. The molecule has 2 N–H and O–H groups in total. The van der Waals surface area contributed by atoms with Gasteiger partial charge in [0.1, 0.15) is 0 Å². The topological polar surface area (TPSA) is 51.3 Å². The Kier molecular flexibility index (Phi) is 1.43. The molecule has 1 aliphatic rings. The van der Waals surface area contributed by atoms with Crippen LogP contribution in [0.1, 0.15) is 5.56 Å². The van der Waals surface area contributed by atoms with Crippen LogP contribution in [-0.2, 0) is 6.42 Å². The number of nitrogens with zero attached hydrogens (tertiary/aromatic N) is 2. The molecule has 0 radical (unpaired) electrons. The van der Waals surface area contributed by atoms with Crippen molar-refractivity contribution in [2.45, 2.75) is 6.42 Å². The van der Waals surface area contributed by atoms with Crippen LogP contribution in [0.4, 0.5) is 5.69 Å². The Labute approximate surface area is 65.0 Å². The van der Waals surface area contributed by atoms with Crippen LogP contribution in [-0.4, -0.2) is 17.2 Å². The molecule has 1 aromatic heterocycles. The lowest BCUT2D eigenvalue weighted by Gasteiger charge is -1.91. The molecular weight excluding hydrogens is 138 g/mol. The SMILES string of the molecule is NCC1=Nc2cnccc2C1. The van der Waals surface area contributed by atoms with Crippen molar-refractivity contribution in [2.75, 3.05) is 6.54 Å². The summed E-state index contributed by atoms with van der Waals surface area (Å²) in [6.45, 7) is 0.550. The summed E-state index contributed by atoms with van der Waals surface area (Å²) in [7, 11) is 0. The summed E-state index contributed by atoms with van der Waals surface area (Å²) in [6.07, 6.45) is 4.46. The first kappa shape index (κ1) is 6.49. The van der Waals surface area contributed by atoms with Crippen molar-refractivity contribution in [3.63, 3.8) is 0 Å². The molecular formula is C8H9N3. The molecule has 1 aliphatic heterocycles. The van der Waals surface area contributed by atoms with Crippen LogP contribution in [0.3, 0.4) is 0 Å². The minimum Gasteiger partial charge on any atom is -0.325 e. The number of aliphatic imine (C=N–C) groups is 1. The van der Waals surface area contributed by atoms with E-state index in [1.54, 1.807) is 12.4 Å². The molecule has 3 heteroatoms. The van der Waals surface area contributed by atoms with Crippen molar-refractivity contribution in [1.29, 1.82) is 0 Å². The Balaban J connectivity index is 2.39. The van der Waals surface area contributed by atoms with Gasteiger partial charge in [0.25, 0.3) is 0 Å². The minimum absolute atomic E-state index is 0.550. The number of hydrogen-bond donors (Lipinski definition) is 1. The van der Waals surface area contributed by atoms with Crippen molar-refractivity contribution in [3.05, 3.63) is 24.0 Å². The molecule has 0 saturated carbocycles. The molecule has 0 saturated heterocycles. The van der Waals surface area contributed by atoms with Gasteiger partial charge in [0.15, 0.2) is 0 Å². The molecule has 0 amide bonds. The van der Waals surface area contributed by atoms with E-state index in [1.165, 1.54) is 5.56 Å². The first-order valence-electron chi connectivity index (χ1n) is 3.59. The fourth-order valence-corrected chi connectivity index (χ4v) is 1.21. The van der Waals surface area contributed by atoms with E-state index >= 15 is 0 Å². The molecule has 0 fully saturated rings. The number of nitrogens with two attached hydrogens (primary N) is 1. The van der Waals surface area contributed by atoms with Crippen LogP contribution in [0.2, 0.25) is 0 Å². The fourth-order valence-electron chi connectivity index (χ4n) is 1.21. The van der Waals surface area contributed by atoms with Crippen LogP contribution in [0.25, 0.3) is 0 Å². The molecule has 0 spiro atoms. The molecule has 11 heavy (non-hydrogen) atoms. The minimum atomic E-state index is 0.550. The summed E-state index contributed by atoms with van der Waals surface area (Å²) in [4.78, 5) is 8.28. The summed E-state index contributed by atoms with van der Waals surface area (Å²) >= 11 is 0. The van der Waals surface area contributed by atoms with Crippen LogP contribution in [0.5, 0.6) is 0 Å². The van der Waals surface area contributed by atoms with Gasteiger partial charge in [-0.15, -0.1) is 0 Å². The van der Waals surface area contributed by atoms with E-state index in [9.17, 15) is 0 Å².